The predicted molar refractivity (Wildman–Crippen MR) is 68.0 cm³/mol. The highest BCUT2D eigenvalue weighted by atomic mass is 79.9. The molecule has 5 heteroatoms. The molecule has 1 aromatic rings. The van der Waals surface area contributed by atoms with Crippen LogP contribution >= 0.6 is 15.9 Å². The molecule has 0 saturated heterocycles. The van der Waals surface area contributed by atoms with Gasteiger partial charge in [-0.05, 0) is 31.0 Å². The minimum atomic E-state index is -3.17. The average Bonchev–Trinajstić information content (AvgIpc) is 2.25. The van der Waals surface area contributed by atoms with Gasteiger partial charge in [-0.2, -0.15) is 0 Å². The summed E-state index contributed by atoms with van der Waals surface area (Å²) >= 11 is 3.32. The number of aliphatic hydroxyl groups is 1. The van der Waals surface area contributed by atoms with Crippen LogP contribution in [0.15, 0.2) is 28.7 Å². The van der Waals surface area contributed by atoms with Crippen molar-refractivity contribution in [2.45, 2.75) is 18.6 Å². The van der Waals surface area contributed by atoms with Gasteiger partial charge in [0.05, 0.1) is 11.0 Å². The Labute approximate surface area is 105 Å². The van der Waals surface area contributed by atoms with Gasteiger partial charge in [-0.15, -0.1) is 0 Å². The maximum Gasteiger partial charge on any atom is 0.157 e. The van der Waals surface area contributed by atoms with Crippen LogP contribution in [0.4, 0.5) is 0 Å². The molecule has 0 aliphatic rings. The van der Waals surface area contributed by atoms with E-state index < -0.39 is 15.1 Å². The van der Waals surface area contributed by atoms with Gasteiger partial charge in [0.25, 0.3) is 0 Å². The van der Waals surface area contributed by atoms with Crippen LogP contribution in [0.1, 0.15) is 24.2 Å². The number of sulfone groups is 1. The molecule has 1 N–H and O–H groups in total. The van der Waals surface area contributed by atoms with Crippen molar-refractivity contribution in [1.82, 2.24) is 0 Å². The van der Waals surface area contributed by atoms with Crippen molar-refractivity contribution in [3.63, 3.8) is 0 Å². The Balaban J connectivity index is 2.89. The quantitative estimate of drug-likeness (QED) is 0.908. The van der Waals surface area contributed by atoms with Gasteiger partial charge >= 0.3 is 0 Å². The van der Waals surface area contributed by atoms with Crippen molar-refractivity contribution < 1.29 is 13.5 Å². The summed E-state index contributed by atoms with van der Waals surface area (Å²) in [6.45, 7) is 1.58. The van der Waals surface area contributed by atoms with Crippen molar-refractivity contribution in [1.29, 1.82) is 0 Å². The molecule has 0 aromatic heterocycles. The maximum atomic E-state index is 11.9. The first-order valence-corrected chi connectivity index (χ1v) is 7.56. The molecule has 0 aliphatic carbocycles. The summed E-state index contributed by atoms with van der Waals surface area (Å²) in [6, 6.07) is 7.28. The van der Waals surface area contributed by atoms with Crippen molar-refractivity contribution in [3.8, 4) is 0 Å². The number of aliphatic hydroxyl groups excluding tert-OH is 1. The van der Waals surface area contributed by atoms with E-state index in [0.717, 1.165) is 10.0 Å². The summed E-state index contributed by atoms with van der Waals surface area (Å²) in [5.74, 6) is 0.0250. The van der Waals surface area contributed by atoms with E-state index in [1.807, 2.05) is 12.1 Å². The fourth-order valence-electron chi connectivity index (χ4n) is 1.41. The Hall–Kier alpha value is -0.390. The van der Waals surface area contributed by atoms with Crippen molar-refractivity contribution in [3.05, 3.63) is 34.3 Å². The zero-order chi connectivity index (χ0) is 12.2. The van der Waals surface area contributed by atoms with E-state index in [9.17, 15) is 8.42 Å². The molecule has 0 spiro atoms. The zero-order valence-electron chi connectivity index (χ0n) is 9.06. The SMILES string of the molecule is CC(c1cccc(Br)c1)S(=O)(=O)CCCO. The van der Waals surface area contributed by atoms with Crippen LogP contribution in [0.3, 0.4) is 0 Å². The van der Waals surface area contributed by atoms with Gasteiger partial charge in [0.2, 0.25) is 0 Å². The summed E-state index contributed by atoms with van der Waals surface area (Å²) in [5.41, 5.74) is 0.771. The van der Waals surface area contributed by atoms with Crippen LogP contribution in [0.25, 0.3) is 0 Å². The van der Waals surface area contributed by atoms with Gasteiger partial charge in [-0.3, -0.25) is 0 Å². The van der Waals surface area contributed by atoms with E-state index in [1.54, 1.807) is 19.1 Å². The molecular formula is C11H15BrO3S. The molecule has 0 heterocycles. The molecule has 1 unspecified atom stereocenters. The Bertz CT molecular complexity index is 442. The van der Waals surface area contributed by atoms with E-state index >= 15 is 0 Å². The molecule has 0 saturated carbocycles. The smallest absolute Gasteiger partial charge is 0.157 e. The Morgan fingerprint density at radius 1 is 1.44 bits per heavy atom. The highest BCUT2D eigenvalue weighted by molar-refractivity contribution is 9.10. The lowest BCUT2D eigenvalue weighted by Crippen LogP contribution is -2.15. The highest BCUT2D eigenvalue weighted by Gasteiger charge is 2.21. The molecule has 0 aliphatic heterocycles. The van der Waals surface area contributed by atoms with E-state index in [2.05, 4.69) is 15.9 Å². The van der Waals surface area contributed by atoms with Crippen LogP contribution in [0.2, 0.25) is 0 Å². The monoisotopic (exact) mass is 306 g/mol. The van der Waals surface area contributed by atoms with E-state index in [-0.39, 0.29) is 12.4 Å². The van der Waals surface area contributed by atoms with Crippen molar-refractivity contribution >= 4 is 25.8 Å². The number of benzene rings is 1. The third kappa shape index (κ3) is 3.57. The summed E-state index contributed by atoms with van der Waals surface area (Å²) in [7, 11) is -3.17. The first kappa shape index (κ1) is 13.7. The second-order valence-electron chi connectivity index (χ2n) is 3.64. The number of halogens is 1. The lowest BCUT2D eigenvalue weighted by Gasteiger charge is -2.13. The van der Waals surface area contributed by atoms with Gasteiger partial charge < -0.3 is 5.11 Å². The van der Waals surface area contributed by atoms with Crippen molar-refractivity contribution in [2.24, 2.45) is 0 Å². The van der Waals surface area contributed by atoms with E-state index in [1.165, 1.54) is 0 Å². The number of rotatable bonds is 5. The van der Waals surface area contributed by atoms with E-state index in [4.69, 9.17) is 5.11 Å². The molecule has 0 radical (unpaired) electrons. The molecule has 1 rings (SSSR count). The fourth-order valence-corrected chi connectivity index (χ4v) is 3.27. The first-order valence-electron chi connectivity index (χ1n) is 5.05. The second kappa shape index (κ2) is 5.80. The standard InChI is InChI=1S/C11H15BrO3S/c1-9(16(14,15)7-3-6-13)10-4-2-5-11(12)8-10/h2,4-5,8-9,13H,3,6-7H2,1H3. The first-order chi connectivity index (χ1) is 7.47. The van der Waals surface area contributed by atoms with Crippen LogP contribution in [0, 0.1) is 0 Å². The molecule has 3 nitrogen and oxygen atoms in total. The Kier molecular flexibility index (Phi) is 4.95. The molecule has 0 fully saturated rings. The molecule has 1 atom stereocenters. The number of hydrogen-bond donors (Lipinski definition) is 1. The van der Waals surface area contributed by atoms with Crippen LogP contribution in [-0.4, -0.2) is 25.9 Å². The minimum absolute atomic E-state index is 0.0250. The summed E-state index contributed by atoms with van der Waals surface area (Å²) < 4.78 is 24.6. The summed E-state index contributed by atoms with van der Waals surface area (Å²) in [4.78, 5) is 0. The molecule has 0 amide bonds. The maximum absolute atomic E-state index is 11.9. The van der Waals surface area contributed by atoms with Gasteiger partial charge in [-0.1, -0.05) is 28.1 Å². The third-order valence-corrected chi connectivity index (χ3v) is 5.14. The number of hydrogen-bond acceptors (Lipinski definition) is 3. The molecule has 1 aromatic carbocycles. The molecular weight excluding hydrogens is 292 g/mol. The Morgan fingerprint density at radius 2 is 2.12 bits per heavy atom. The summed E-state index contributed by atoms with van der Waals surface area (Å²) in [5, 5.41) is 8.12. The lowest BCUT2D eigenvalue weighted by atomic mass is 10.2. The zero-order valence-corrected chi connectivity index (χ0v) is 11.5. The largest absolute Gasteiger partial charge is 0.396 e. The van der Waals surface area contributed by atoms with E-state index in [0.29, 0.717) is 6.42 Å². The lowest BCUT2D eigenvalue weighted by molar-refractivity contribution is 0.295. The second-order valence-corrected chi connectivity index (χ2v) is 7.00. The van der Waals surface area contributed by atoms with Crippen LogP contribution in [-0.2, 0) is 9.84 Å². The average molecular weight is 307 g/mol. The third-order valence-electron chi connectivity index (χ3n) is 2.44. The normalized spacial score (nSPS) is 13.7. The van der Waals surface area contributed by atoms with Crippen LogP contribution < -0.4 is 0 Å². The van der Waals surface area contributed by atoms with Gasteiger partial charge in [0.1, 0.15) is 0 Å². The fraction of sp³-hybridized carbons (Fsp3) is 0.455. The Morgan fingerprint density at radius 3 is 2.69 bits per heavy atom. The van der Waals surface area contributed by atoms with Crippen LogP contribution in [0.5, 0.6) is 0 Å². The summed E-state index contributed by atoms with van der Waals surface area (Å²) in [6.07, 6.45) is 0.292. The molecule has 0 bridgehead atoms. The van der Waals surface area contributed by atoms with Gasteiger partial charge in [0, 0.05) is 11.1 Å². The molecule has 90 valence electrons. The van der Waals surface area contributed by atoms with Gasteiger partial charge in [0.15, 0.2) is 9.84 Å². The van der Waals surface area contributed by atoms with Gasteiger partial charge in [-0.25, -0.2) is 8.42 Å². The predicted octanol–water partition coefficient (Wildman–Crippen LogP) is 2.31. The minimum Gasteiger partial charge on any atom is -0.396 e. The van der Waals surface area contributed by atoms with Crippen molar-refractivity contribution in [2.75, 3.05) is 12.4 Å². The highest BCUT2D eigenvalue weighted by Crippen LogP contribution is 2.25. The molecule has 16 heavy (non-hydrogen) atoms. The topological polar surface area (TPSA) is 54.4 Å².